The van der Waals surface area contributed by atoms with Gasteiger partial charge in [-0.1, -0.05) is 26.5 Å². The van der Waals surface area contributed by atoms with Crippen LogP contribution in [0.3, 0.4) is 0 Å². The summed E-state index contributed by atoms with van der Waals surface area (Å²) in [5.41, 5.74) is 1.09. The van der Waals surface area contributed by atoms with Crippen molar-refractivity contribution in [2.45, 2.75) is 20.3 Å². The van der Waals surface area contributed by atoms with Gasteiger partial charge in [0.1, 0.15) is 0 Å². The van der Waals surface area contributed by atoms with Gasteiger partial charge in [-0.2, -0.15) is 0 Å². The molecule has 1 unspecified atom stereocenters. The van der Waals surface area contributed by atoms with Gasteiger partial charge in [-0.3, -0.25) is 0 Å². The third-order valence-corrected chi connectivity index (χ3v) is 1.99. The van der Waals surface area contributed by atoms with Gasteiger partial charge >= 0.3 is 0 Å². The van der Waals surface area contributed by atoms with Crippen molar-refractivity contribution in [3.05, 3.63) is 24.9 Å². The minimum absolute atomic E-state index is 0.551. The molecule has 11 heavy (non-hydrogen) atoms. The van der Waals surface area contributed by atoms with Crippen molar-refractivity contribution >= 4 is 0 Å². The second-order valence-corrected chi connectivity index (χ2v) is 3.20. The van der Waals surface area contributed by atoms with E-state index in [2.05, 4.69) is 32.3 Å². The molecule has 64 valence electrons. The van der Waals surface area contributed by atoms with Crippen LogP contribution in [0.25, 0.3) is 0 Å². The fraction of sp³-hybridized carbons (Fsp3) is 0.600. The summed E-state index contributed by atoms with van der Waals surface area (Å²) in [6.45, 7) is 12.1. The van der Waals surface area contributed by atoms with E-state index < -0.39 is 0 Å². The summed E-state index contributed by atoms with van der Waals surface area (Å²) in [7, 11) is 1.91. The molecule has 0 spiro atoms. The summed E-state index contributed by atoms with van der Waals surface area (Å²) in [6, 6.07) is 0. The minimum Gasteiger partial charge on any atom is -0.392 e. The van der Waals surface area contributed by atoms with E-state index in [4.69, 9.17) is 0 Å². The molecule has 0 aromatic rings. The van der Waals surface area contributed by atoms with E-state index in [1.165, 1.54) is 0 Å². The first kappa shape index (κ1) is 10.3. The second kappa shape index (κ2) is 5.00. The largest absolute Gasteiger partial charge is 0.392 e. The molecule has 0 bridgehead atoms. The Morgan fingerprint density at radius 3 is 2.36 bits per heavy atom. The van der Waals surface area contributed by atoms with Gasteiger partial charge < -0.3 is 5.32 Å². The zero-order chi connectivity index (χ0) is 8.85. The molecular formula is C10H19N. The highest BCUT2D eigenvalue weighted by molar-refractivity contribution is 4.96. The van der Waals surface area contributed by atoms with Crippen molar-refractivity contribution in [1.29, 1.82) is 0 Å². The molecule has 0 saturated heterocycles. The number of nitrogens with one attached hydrogen (secondary N) is 1. The summed E-state index contributed by atoms with van der Waals surface area (Å²) in [6.07, 6.45) is 3.00. The number of rotatable bonds is 5. The van der Waals surface area contributed by atoms with Crippen LogP contribution in [0.5, 0.6) is 0 Å². The zero-order valence-electron chi connectivity index (χ0n) is 7.85. The van der Waals surface area contributed by atoms with E-state index in [0.29, 0.717) is 11.8 Å². The van der Waals surface area contributed by atoms with E-state index in [0.717, 1.165) is 12.1 Å². The van der Waals surface area contributed by atoms with Crippen LogP contribution in [0.1, 0.15) is 20.3 Å². The Morgan fingerprint density at radius 2 is 2.09 bits per heavy atom. The second-order valence-electron chi connectivity index (χ2n) is 3.20. The fourth-order valence-electron chi connectivity index (χ4n) is 0.978. The lowest BCUT2D eigenvalue weighted by atomic mass is 9.92. The van der Waals surface area contributed by atoms with Gasteiger partial charge in [-0.15, -0.1) is 6.58 Å². The molecule has 0 aliphatic carbocycles. The van der Waals surface area contributed by atoms with Crippen molar-refractivity contribution in [3.63, 3.8) is 0 Å². The van der Waals surface area contributed by atoms with Crippen molar-refractivity contribution in [2.24, 2.45) is 11.8 Å². The van der Waals surface area contributed by atoms with Gasteiger partial charge in [0, 0.05) is 12.7 Å². The molecule has 1 heteroatoms. The Morgan fingerprint density at radius 1 is 1.55 bits per heavy atom. The molecule has 1 atom stereocenters. The Balaban J connectivity index is 3.87. The summed E-state index contributed by atoms with van der Waals surface area (Å²) >= 11 is 0. The van der Waals surface area contributed by atoms with Gasteiger partial charge in [0.15, 0.2) is 0 Å². The third kappa shape index (κ3) is 3.87. The Kier molecular flexibility index (Phi) is 4.67. The normalized spacial score (nSPS) is 12.7. The number of allylic oxidation sites excluding steroid dienone is 2. The number of hydrogen-bond donors (Lipinski definition) is 1. The van der Waals surface area contributed by atoms with Crippen molar-refractivity contribution in [1.82, 2.24) is 5.32 Å². The van der Waals surface area contributed by atoms with Gasteiger partial charge in [-0.25, -0.2) is 0 Å². The fourth-order valence-corrected chi connectivity index (χ4v) is 0.978. The lowest BCUT2D eigenvalue weighted by Gasteiger charge is -2.17. The zero-order valence-corrected chi connectivity index (χ0v) is 7.85. The van der Waals surface area contributed by atoms with Crippen LogP contribution in [-0.4, -0.2) is 7.05 Å². The van der Waals surface area contributed by atoms with Gasteiger partial charge in [0.05, 0.1) is 0 Å². The van der Waals surface area contributed by atoms with E-state index in [1.807, 2.05) is 13.1 Å². The lowest BCUT2D eigenvalue weighted by molar-refractivity contribution is 0.456. The van der Waals surface area contributed by atoms with Crippen LogP contribution in [0.15, 0.2) is 24.9 Å². The Bertz CT molecular complexity index is 136. The maximum absolute atomic E-state index is 3.88. The first-order valence-electron chi connectivity index (χ1n) is 4.09. The molecule has 1 nitrogen and oxygen atoms in total. The molecular weight excluding hydrogens is 134 g/mol. The maximum atomic E-state index is 3.88. The molecule has 0 aliphatic heterocycles. The van der Waals surface area contributed by atoms with Crippen LogP contribution >= 0.6 is 0 Å². The highest BCUT2D eigenvalue weighted by atomic mass is 14.8. The van der Waals surface area contributed by atoms with Crippen LogP contribution in [0.2, 0.25) is 0 Å². The van der Waals surface area contributed by atoms with Crippen LogP contribution in [0.4, 0.5) is 0 Å². The molecule has 0 aliphatic rings. The first-order chi connectivity index (χ1) is 5.11. The molecule has 0 heterocycles. The minimum atomic E-state index is 0.551. The lowest BCUT2D eigenvalue weighted by Crippen LogP contribution is -2.12. The van der Waals surface area contributed by atoms with E-state index in [-0.39, 0.29) is 0 Å². The molecule has 0 aromatic carbocycles. The highest BCUT2D eigenvalue weighted by Gasteiger charge is 2.09. The Hall–Kier alpha value is -0.720. The molecule has 1 N–H and O–H groups in total. The molecule has 0 aromatic heterocycles. The SMILES string of the molecule is C=CC(CC(=C)NC)C(C)C. The van der Waals surface area contributed by atoms with E-state index in [1.54, 1.807) is 0 Å². The topological polar surface area (TPSA) is 12.0 Å². The average molecular weight is 153 g/mol. The third-order valence-electron chi connectivity index (χ3n) is 1.99. The van der Waals surface area contributed by atoms with Gasteiger partial charge in [0.25, 0.3) is 0 Å². The van der Waals surface area contributed by atoms with Crippen LogP contribution in [0, 0.1) is 11.8 Å². The van der Waals surface area contributed by atoms with Gasteiger partial charge in [-0.05, 0) is 18.3 Å². The van der Waals surface area contributed by atoms with Crippen LogP contribution in [-0.2, 0) is 0 Å². The molecule has 0 radical (unpaired) electrons. The first-order valence-corrected chi connectivity index (χ1v) is 4.09. The van der Waals surface area contributed by atoms with E-state index >= 15 is 0 Å². The summed E-state index contributed by atoms with van der Waals surface area (Å²) in [4.78, 5) is 0. The highest BCUT2D eigenvalue weighted by Crippen LogP contribution is 2.18. The quantitative estimate of drug-likeness (QED) is 0.599. The molecule has 0 fully saturated rings. The summed E-state index contributed by atoms with van der Waals surface area (Å²) in [5, 5.41) is 3.04. The molecule has 0 rings (SSSR count). The monoisotopic (exact) mass is 153 g/mol. The van der Waals surface area contributed by atoms with Crippen molar-refractivity contribution in [2.75, 3.05) is 7.05 Å². The average Bonchev–Trinajstić information content (AvgIpc) is 1.99. The number of hydrogen-bond acceptors (Lipinski definition) is 1. The standard InChI is InChI=1S/C10H19N/c1-6-10(8(2)3)7-9(4)11-5/h6,8,10-11H,1,4,7H2,2-3,5H3. The van der Waals surface area contributed by atoms with Crippen molar-refractivity contribution in [3.8, 4) is 0 Å². The van der Waals surface area contributed by atoms with Gasteiger partial charge in [0.2, 0.25) is 0 Å². The molecule has 0 amide bonds. The van der Waals surface area contributed by atoms with E-state index in [9.17, 15) is 0 Å². The van der Waals surface area contributed by atoms with Crippen LogP contribution < -0.4 is 5.32 Å². The Labute approximate surface area is 70.2 Å². The smallest absolute Gasteiger partial charge is 0.00370 e. The van der Waals surface area contributed by atoms with Crippen molar-refractivity contribution < 1.29 is 0 Å². The maximum Gasteiger partial charge on any atom is 0.00370 e. The summed E-state index contributed by atoms with van der Waals surface area (Å²) < 4.78 is 0. The summed E-state index contributed by atoms with van der Waals surface area (Å²) in [5.74, 6) is 1.20. The predicted octanol–water partition coefficient (Wildman–Crippen LogP) is 2.57. The predicted molar refractivity (Wildman–Crippen MR) is 51.3 cm³/mol. The molecule has 0 saturated carbocycles.